The average Bonchev–Trinajstić information content (AvgIpc) is 2.57. The lowest BCUT2D eigenvalue weighted by Crippen LogP contribution is -2.24. The maximum absolute atomic E-state index is 6.24. The van der Waals surface area contributed by atoms with E-state index in [0.717, 1.165) is 29.0 Å². The van der Waals surface area contributed by atoms with E-state index in [1.807, 2.05) is 0 Å². The molecule has 0 aliphatic carbocycles. The van der Waals surface area contributed by atoms with Crippen LogP contribution in [0.5, 0.6) is 5.75 Å². The summed E-state index contributed by atoms with van der Waals surface area (Å²) >= 11 is 0. The van der Waals surface area contributed by atoms with Crippen LogP contribution in [0.1, 0.15) is 49.9 Å². The van der Waals surface area contributed by atoms with Crippen molar-refractivity contribution >= 4 is 24.2 Å². The summed E-state index contributed by atoms with van der Waals surface area (Å²) in [5.74, 6) is 1.03. The van der Waals surface area contributed by atoms with Crippen LogP contribution in [0.15, 0.2) is 5.57 Å². The number of fused-ring (bicyclic) bond motifs is 1. The lowest BCUT2D eigenvalue weighted by Gasteiger charge is -2.18. The highest BCUT2D eigenvalue weighted by Crippen LogP contribution is 2.44. The lowest BCUT2D eigenvalue weighted by atomic mass is 9.91. The topological polar surface area (TPSA) is 35.2 Å². The van der Waals surface area contributed by atoms with E-state index in [-0.39, 0.29) is 18.0 Å². The molecule has 0 spiro atoms. The summed E-state index contributed by atoms with van der Waals surface area (Å²) in [6.45, 7) is 12.6. The first-order chi connectivity index (χ1) is 8.23. The number of halogens is 1. The number of benzene rings is 1. The Labute approximate surface area is 122 Å². The van der Waals surface area contributed by atoms with Crippen molar-refractivity contribution in [3.8, 4) is 5.75 Å². The minimum atomic E-state index is -0.127. The van der Waals surface area contributed by atoms with Crippen LogP contribution in [0.25, 0.3) is 6.08 Å². The second-order valence-corrected chi connectivity index (χ2v) is 6.15. The van der Waals surface area contributed by atoms with Gasteiger partial charge in [0.05, 0.1) is 0 Å². The van der Waals surface area contributed by atoms with E-state index in [4.69, 9.17) is 10.5 Å². The van der Waals surface area contributed by atoms with Gasteiger partial charge in [0.2, 0.25) is 0 Å². The Balaban J connectivity index is 0.00000180. The Bertz CT molecular complexity index is 540. The van der Waals surface area contributed by atoms with Crippen molar-refractivity contribution in [2.24, 2.45) is 0 Å². The fourth-order valence-corrected chi connectivity index (χ4v) is 2.62. The minimum absolute atomic E-state index is 0. The number of hydrogen-bond donors (Lipinski definition) is 1. The smallest absolute Gasteiger partial charge is 0.131 e. The Morgan fingerprint density at radius 3 is 2.32 bits per heavy atom. The van der Waals surface area contributed by atoms with Gasteiger partial charge in [-0.3, -0.25) is 0 Å². The molecule has 0 atom stereocenters. The van der Waals surface area contributed by atoms with Crippen LogP contribution in [0.3, 0.4) is 0 Å². The standard InChI is InChI=1S/C16H23NO.ClH/c1-9(2)7-12-10(3)14(17)11(4)13-8-16(5,6)18-15(12)13;/h7H,8,17H2,1-6H3;1H. The quantitative estimate of drug-likeness (QED) is 0.772. The van der Waals surface area contributed by atoms with Gasteiger partial charge in [-0.2, -0.15) is 0 Å². The monoisotopic (exact) mass is 281 g/mol. The summed E-state index contributed by atoms with van der Waals surface area (Å²) in [6.07, 6.45) is 3.10. The van der Waals surface area contributed by atoms with Crippen LogP contribution in [-0.4, -0.2) is 5.60 Å². The third kappa shape index (κ3) is 2.74. The van der Waals surface area contributed by atoms with Crippen LogP contribution in [0.2, 0.25) is 0 Å². The summed E-state index contributed by atoms with van der Waals surface area (Å²) < 4.78 is 6.14. The highest BCUT2D eigenvalue weighted by atomic mass is 35.5. The van der Waals surface area contributed by atoms with Crippen molar-refractivity contribution in [3.05, 3.63) is 27.8 Å². The molecule has 0 saturated heterocycles. The number of nitrogens with two attached hydrogens (primary N) is 1. The van der Waals surface area contributed by atoms with Gasteiger partial charge in [0.1, 0.15) is 11.4 Å². The number of allylic oxidation sites excluding steroid dienone is 1. The zero-order valence-electron chi connectivity index (χ0n) is 12.7. The summed E-state index contributed by atoms with van der Waals surface area (Å²) in [5.41, 5.74) is 13.0. The van der Waals surface area contributed by atoms with E-state index < -0.39 is 0 Å². The zero-order chi connectivity index (χ0) is 13.7. The average molecular weight is 282 g/mol. The molecule has 0 unspecified atom stereocenters. The molecule has 106 valence electrons. The predicted octanol–water partition coefficient (Wildman–Crippen LogP) is 4.44. The van der Waals surface area contributed by atoms with Gasteiger partial charge < -0.3 is 10.5 Å². The molecular weight excluding hydrogens is 258 g/mol. The number of anilines is 1. The minimum Gasteiger partial charge on any atom is -0.487 e. The van der Waals surface area contributed by atoms with Gasteiger partial charge in [0.25, 0.3) is 0 Å². The largest absolute Gasteiger partial charge is 0.487 e. The second kappa shape index (κ2) is 5.09. The first-order valence-electron chi connectivity index (χ1n) is 6.48. The molecule has 1 aromatic carbocycles. The van der Waals surface area contributed by atoms with Crippen LogP contribution >= 0.6 is 12.4 Å². The van der Waals surface area contributed by atoms with Crippen molar-refractivity contribution in [2.75, 3.05) is 5.73 Å². The van der Waals surface area contributed by atoms with E-state index in [9.17, 15) is 0 Å². The molecule has 1 heterocycles. The van der Waals surface area contributed by atoms with Crippen molar-refractivity contribution < 1.29 is 4.74 Å². The van der Waals surface area contributed by atoms with Crippen LogP contribution < -0.4 is 10.5 Å². The van der Waals surface area contributed by atoms with Crippen LogP contribution in [0.4, 0.5) is 5.69 Å². The summed E-state index contributed by atoms with van der Waals surface area (Å²) in [5, 5.41) is 0. The molecule has 2 rings (SSSR count). The first-order valence-corrected chi connectivity index (χ1v) is 6.48. The van der Waals surface area contributed by atoms with Gasteiger partial charge in [-0.05, 0) is 52.7 Å². The second-order valence-electron chi connectivity index (χ2n) is 6.15. The molecule has 19 heavy (non-hydrogen) atoms. The number of hydrogen-bond acceptors (Lipinski definition) is 2. The molecule has 1 aliphatic rings. The molecule has 0 saturated carbocycles. The first kappa shape index (κ1) is 15.9. The molecule has 2 nitrogen and oxygen atoms in total. The van der Waals surface area contributed by atoms with Gasteiger partial charge in [-0.25, -0.2) is 0 Å². The van der Waals surface area contributed by atoms with Gasteiger partial charge >= 0.3 is 0 Å². The summed E-state index contributed by atoms with van der Waals surface area (Å²) in [7, 11) is 0. The SMILES string of the molecule is CC(C)=Cc1c(C)c(N)c(C)c2c1OC(C)(C)C2.Cl. The maximum Gasteiger partial charge on any atom is 0.131 e. The maximum atomic E-state index is 6.24. The zero-order valence-corrected chi connectivity index (χ0v) is 13.5. The third-order valence-electron chi connectivity index (χ3n) is 3.60. The lowest BCUT2D eigenvalue weighted by molar-refractivity contribution is 0.138. The molecule has 0 radical (unpaired) electrons. The van der Waals surface area contributed by atoms with Gasteiger partial charge in [-0.1, -0.05) is 11.6 Å². The molecular formula is C16H24ClNO. The molecule has 1 aromatic rings. The molecule has 0 bridgehead atoms. The van der Waals surface area contributed by atoms with E-state index in [0.29, 0.717) is 0 Å². The number of ether oxygens (including phenoxy) is 1. The van der Waals surface area contributed by atoms with Crippen LogP contribution in [-0.2, 0) is 6.42 Å². The number of rotatable bonds is 1. The van der Waals surface area contributed by atoms with E-state index in [1.165, 1.54) is 16.7 Å². The molecule has 0 fully saturated rings. The van der Waals surface area contributed by atoms with Crippen molar-refractivity contribution in [2.45, 2.75) is 53.6 Å². The highest BCUT2D eigenvalue weighted by molar-refractivity contribution is 5.85. The molecule has 0 aromatic heterocycles. The summed E-state index contributed by atoms with van der Waals surface area (Å²) in [4.78, 5) is 0. The Morgan fingerprint density at radius 1 is 1.21 bits per heavy atom. The summed E-state index contributed by atoms with van der Waals surface area (Å²) in [6, 6.07) is 0. The fraction of sp³-hybridized carbons (Fsp3) is 0.500. The van der Waals surface area contributed by atoms with E-state index in [1.54, 1.807) is 0 Å². The Kier molecular flexibility index (Phi) is 4.26. The molecule has 1 aliphatic heterocycles. The van der Waals surface area contributed by atoms with E-state index in [2.05, 4.69) is 47.6 Å². The normalized spacial score (nSPS) is 15.3. The van der Waals surface area contributed by atoms with Crippen molar-refractivity contribution in [3.63, 3.8) is 0 Å². The Hall–Kier alpha value is -1.15. The van der Waals surface area contributed by atoms with Crippen molar-refractivity contribution in [1.82, 2.24) is 0 Å². The predicted molar refractivity (Wildman–Crippen MR) is 85.3 cm³/mol. The van der Waals surface area contributed by atoms with E-state index >= 15 is 0 Å². The van der Waals surface area contributed by atoms with Gasteiger partial charge in [-0.15, -0.1) is 12.4 Å². The van der Waals surface area contributed by atoms with Gasteiger partial charge in [0, 0.05) is 23.2 Å². The highest BCUT2D eigenvalue weighted by Gasteiger charge is 2.34. The van der Waals surface area contributed by atoms with Crippen LogP contribution in [0, 0.1) is 13.8 Å². The molecule has 0 amide bonds. The third-order valence-corrected chi connectivity index (χ3v) is 3.60. The molecule has 3 heteroatoms. The van der Waals surface area contributed by atoms with Gasteiger partial charge in [0.15, 0.2) is 0 Å². The molecule has 2 N–H and O–H groups in total. The Morgan fingerprint density at radius 2 is 1.79 bits per heavy atom. The number of nitrogen functional groups attached to an aromatic ring is 1. The fourth-order valence-electron chi connectivity index (χ4n) is 2.62. The van der Waals surface area contributed by atoms with Crippen molar-refractivity contribution in [1.29, 1.82) is 0 Å².